The first-order valence-electron chi connectivity index (χ1n) is 5.34. The fraction of sp³-hybridized carbons (Fsp3) is 0.455. The molecule has 0 bridgehead atoms. The van der Waals surface area contributed by atoms with Crippen LogP contribution < -0.4 is 5.32 Å². The van der Waals surface area contributed by atoms with Gasteiger partial charge in [0.2, 0.25) is 0 Å². The molecule has 0 aliphatic rings. The van der Waals surface area contributed by atoms with Gasteiger partial charge in [0.05, 0.1) is 12.8 Å². The van der Waals surface area contributed by atoms with Crippen molar-refractivity contribution < 1.29 is 18.3 Å². The zero-order chi connectivity index (χ0) is 12.7. The van der Waals surface area contributed by atoms with Gasteiger partial charge in [-0.3, -0.25) is 4.79 Å². The van der Waals surface area contributed by atoms with Crippen molar-refractivity contribution in [3.05, 3.63) is 23.9 Å². The number of rotatable bonds is 6. The number of carbonyl (C=O) groups is 1. The van der Waals surface area contributed by atoms with Crippen molar-refractivity contribution in [1.82, 2.24) is 4.98 Å². The van der Waals surface area contributed by atoms with Gasteiger partial charge in [-0.1, -0.05) is 0 Å². The van der Waals surface area contributed by atoms with Gasteiger partial charge in [-0.15, -0.1) is 0 Å². The Hall–Kier alpha value is -1.72. The van der Waals surface area contributed by atoms with Crippen LogP contribution in [0.15, 0.2) is 12.3 Å². The number of nitrogens with one attached hydrogen (secondary N) is 1. The Labute approximate surface area is 98.0 Å². The zero-order valence-corrected chi connectivity index (χ0v) is 9.50. The predicted molar refractivity (Wildman–Crippen MR) is 58.5 cm³/mol. The summed E-state index contributed by atoms with van der Waals surface area (Å²) in [5, 5.41) is 2.68. The molecule has 4 nitrogen and oxygen atoms in total. The highest BCUT2D eigenvalue weighted by molar-refractivity contribution is 5.69. The van der Waals surface area contributed by atoms with Crippen molar-refractivity contribution in [1.29, 1.82) is 0 Å². The van der Waals surface area contributed by atoms with Crippen LogP contribution >= 0.6 is 0 Å². The Morgan fingerprint density at radius 3 is 2.94 bits per heavy atom. The normalized spacial score (nSPS) is 10.1. The Kier molecular flexibility index (Phi) is 5.32. The van der Waals surface area contributed by atoms with Crippen molar-refractivity contribution in [2.75, 3.05) is 18.5 Å². The summed E-state index contributed by atoms with van der Waals surface area (Å²) in [6.45, 7) is 2.45. The van der Waals surface area contributed by atoms with Crippen molar-refractivity contribution in [2.45, 2.75) is 19.8 Å². The molecule has 1 N–H and O–H groups in total. The standard InChI is InChI=1S/C11H14F2N2O2/c1-2-17-10(16)4-3-5-14-11-9(13)6-8(12)7-15-11/h6-7H,2-5H2,1H3,(H,14,15). The lowest BCUT2D eigenvalue weighted by Gasteiger charge is -2.06. The molecule has 0 unspecified atom stereocenters. The number of hydrogen-bond acceptors (Lipinski definition) is 4. The second kappa shape index (κ2) is 6.78. The predicted octanol–water partition coefficient (Wildman–Crippen LogP) is 2.12. The highest BCUT2D eigenvalue weighted by Gasteiger charge is 2.05. The van der Waals surface area contributed by atoms with Crippen LogP contribution in [0.4, 0.5) is 14.6 Å². The first-order chi connectivity index (χ1) is 8.13. The van der Waals surface area contributed by atoms with Crippen LogP contribution in [0.5, 0.6) is 0 Å². The second-order valence-electron chi connectivity index (χ2n) is 3.32. The van der Waals surface area contributed by atoms with Crippen LogP contribution in [0, 0.1) is 11.6 Å². The van der Waals surface area contributed by atoms with Gasteiger partial charge in [-0.25, -0.2) is 13.8 Å². The molecule has 0 radical (unpaired) electrons. The molecule has 0 atom stereocenters. The summed E-state index contributed by atoms with van der Waals surface area (Å²) in [4.78, 5) is 14.5. The largest absolute Gasteiger partial charge is 0.466 e. The summed E-state index contributed by atoms with van der Waals surface area (Å²) in [5.74, 6) is -1.78. The monoisotopic (exact) mass is 244 g/mol. The van der Waals surface area contributed by atoms with Crippen LogP contribution in [-0.4, -0.2) is 24.1 Å². The minimum Gasteiger partial charge on any atom is -0.466 e. The molecular formula is C11H14F2N2O2. The van der Waals surface area contributed by atoms with Gasteiger partial charge >= 0.3 is 5.97 Å². The van der Waals surface area contributed by atoms with Crippen LogP contribution in [-0.2, 0) is 9.53 Å². The van der Waals surface area contributed by atoms with Crippen LogP contribution in [0.25, 0.3) is 0 Å². The number of aromatic nitrogens is 1. The average Bonchev–Trinajstić information content (AvgIpc) is 2.27. The maximum absolute atomic E-state index is 13.1. The van der Waals surface area contributed by atoms with Gasteiger partial charge in [0.25, 0.3) is 0 Å². The minimum atomic E-state index is -0.749. The number of pyridine rings is 1. The van der Waals surface area contributed by atoms with Crippen LogP contribution in [0.3, 0.4) is 0 Å². The third-order valence-corrected chi connectivity index (χ3v) is 1.96. The zero-order valence-electron chi connectivity index (χ0n) is 9.50. The minimum absolute atomic E-state index is 0.0183. The second-order valence-corrected chi connectivity index (χ2v) is 3.32. The summed E-state index contributed by atoms with van der Waals surface area (Å²) in [6.07, 6.45) is 1.68. The summed E-state index contributed by atoms with van der Waals surface area (Å²) in [6, 6.07) is 0.751. The number of nitrogens with zero attached hydrogens (tertiary/aromatic N) is 1. The fourth-order valence-corrected chi connectivity index (χ4v) is 1.22. The summed E-state index contributed by atoms with van der Waals surface area (Å²) in [5.41, 5.74) is 0. The number of hydrogen-bond donors (Lipinski definition) is 1. The number of ether oxygens (including phenoxy) is 1. The van der Waals surface area contributed by atoms with E-state index in [1.165, 1.54) is 0 Å². The maximum Gasteiger partial charge on any atom is 0.305 e. The van der Waals surface area contributed by atoms with Gasteiger partial charge in [-0.05, 0) is 13.3 Å². The van der Waals surface area contributed by atoms with E-state index >= 15 is 0 Å². The van der Waals surface area contributed by atoms with E-state index in [2.05, 4.69) is 10.3 Å². The van der Waals surface area contributed by atoms with Gasteiger partial charge in [-0.2, -0.15) is 0 Å². The number of halogens is 2. The summed E-state index contributed by atoms with van der Waals surface area (Å²) in [7, 11) is 0. The van der Waals surface area contributed by atoms with Crippen molar-refractivity contribution in [2.24, 2.45) is 0 Å². The Bertz CT molecular complexity index is 386. The molecule has 0 saturated carbocycles. The van der Waals surface area contributed by atoms with Gasteiger partial charge in [0.15, 0.2) is 11.6 Å². The fourth-order valence-electron chi connectivity index (χ4n) is 1.22. The smallest absolute Gasteiger partial charge is 0.305 e. The molecule has 0 aliphatic carbocycles. The Morgan fingerprint density at radius 2 is 2.29 bits per heavy atom. The first kappa shape index (κ1) is 13.3. The molecule has 0 fully saturated rings. The topological polar surface area (TPSA) is 51.2 Å². The van der Waals surface area contributed by atoms with Gasteiger partial charge in [0.1, 0.15) is 5.82 Å². The molecule has 94 valence electrons. The molecule has 0 spiro atoms. The third-order valence-electron chi connectivity index (χ3n) is 1.96. The summed E-state index contributed by atoms with van der Waals surface area (Å²) >= 11 is 0. The van der Waals surface area contributed by atoms with Crippen LogP contribution in [0.1, 0.15) is 19.8 Å². The lowest BCUT2D eigenvalue weighted by molar-refractivity contribution is -0.143. The van der Waals surface area contributed by atoms with E-state index in [-0.39, 0.29) is 18.2 Å². The number of carbonyl (C=O) groups excluding carboxylic acids is 1. The maximum atomic E-state index is 13.1. The first-order valence-corrected chi connectivity index (χ1v) is 5.34. The van der Waals surface area contributed by atoms with E-state index in [0.717, 1.165) is 12.3 Å². The molecule has 0 saturated heterocycles. The summed E-state index contributed by atoms with van der Waals surface area (Å²) < 4.78 is 30.4. The quantitative estimate of drug-likeness (QED) is 0.615. The molecule has 0 aromatic carbocycles. The lowest BCUT2D eigenvalue weighted by Crippen LogP contribution is -2.09. The molecule has 0 aliphatic heterocycles. The van der Waals surface area contributed by atoms with E-state index in [9.17, 15) is 13.6 Å². The molecular weight excluding hydrogens is 230 g/mol. The van der Waals surface area contributed by atoms with Gasteiger partial charge in [0, 0.05) is 19.0 Å². The molecule has 6 heteroatoms. The van der Waals surface area contributed by atoms with Crippen LogP contribution in [0.2, 0.25) is 0 Å². The van der Waals surface area contributed by atoms with Gasteiger partial charge < -0.3 is 10.1 Å². The Morgan fingerprint density at radius 1 is 1.53 bits per heavy atom. The SMILES string of the molecule is CCOC(=O)CCCNc1ncc(F)cc1F. The van der Waals surface area contributed by atoms with E-state index in [1.807, 2.05) is 0 Å². The van der Waals surface area contributed by atoms with Crippen molar-refractivity contribution in [3.8, 4) is 0 Å². The number of anilines is 1. The van der Waals surface area contributed by atoms with E-state index < -0.39 is 11.6 Å². The van der Waals surface area contributed by atoms with E-state index in [4.69, 9.17) is 4.74 Å². The molecule has 1 heterocycles. The third kappa shape index (κ3) is 4.76. The molecule has 1 aromatic heterocycles. The van der Waals surface area contributed by atoms with E-state index in [0.29, 0.717) is 19.6 Å². The highest BCUT2D eigenvalue weighted by atomic mass is 19.1. The highest BCUT2D eigenvalue weighted by Crippen LogP contribution is 2.11. The van der Waals surface area contributed by atoms with Crippen molar-refractivity contribution >= 4 is 11.8 Å². The molecule has 17 heavy (non-hydrogen) atoms. The Balaban J connectivity index is 2.29. The molecule has 1 rings (SSSR count). The number of esters is 1. The van der Waals surface area contributed by atoms with E-state index in [1.54, 1.807) is 6.92 Å². The van der Waals surface area contributed by atoms with Crippen molar-refractivity contribution in [3.63, 3.8) is 0 Å². The average molecular weight is 244 g/mol. The molecule has 0 amide bonds. The molecule has 1 aromatic rings. The lowest BCUT2D eigenvalue weighted by atomic mass is 10.3.